The smallest absolute Gasteiger partial charge is 0.265 e. The van der Waals surface area contributed by atoms with E-state index in [1.807, 2.05) is 84.9 Å². The van der Waals surface area contributed by atoms with Crippen LogP contribution in [-0.4, -0.2) is 27.0 Å². The van der Waals surface area contributed by atoms with Crippen molar-refractivity contribution in [2.75, 3.05) is 5.32 Å². The Bertz CT molecular complexity index is 1080. The number of anilines is 1. The third-order valence-corrected chi connectivity index (χ3v) is 4.42. The summed E-state index contributed by atoms with van der Waals surface area (Å²) < 4.78 is 7.43. The largest absolute Gasteiger partial charge is 0.481 e. The van der Waals surface area contributed by atoms with Crippen LogP contribution in [0.4, 0.5) is 5.69 Å². The number of rotatable bonds is 6. The number of para-hydroxylation sites is 1. The predicted octanol–water partition coefficient (Wildman–Crippen LogP) is 4.34. The molecule has 4 rings (SSSR count). The SMILES string of the molecule is C[C@@H](Oc1ccccc1)C(=O)Nc1ccc(-n2nncc2-c2ccccc2)cc1. The molecular formula is C23H20N4O2. The van der Waals surface area contributed by atoms with Crippen LogP contribution in [0, 0.1) is 0 Å². The van der Waals surface area contributed by atoms with Crippen LogP contribution < -0.4 is 10.1 Å². The maximum atomic E-state index is 12.4. The van der Waals surface area contributed by atoms with Crippen LogP contribution >= 0.6 is 0 Å². The average molecular weight is 384 g/mol. The van der Waals surface area contributed by atoms with Crippen LogP contribution in [-0.2, 0) is 4.79 Å². The Morgan fingerprint density at radius 2 is 1.59 bits per heavy atom. The number of nitrogens with one attached hydrogen (secondary N) is 1. The second-order valence-electron chi connectivity index (χ2n) is 6.51. The van der Waals surface area contributed by atoms with Gasteiger partial charge in [0, 0.05) is 11.3 Å². The summed E-state index contributed by atoms with van der Waals surface area (Å²) in [5, 5.41) is 11.1. The summed E-state index contributed by atoms with van der Waals surface area (Å²) in [7, 11) is 0. The van der Waals surface area contributed by atoms with E-state index >= 15 is 0 Å². The van der Waals surface area contributed by atoms with Gasteiger partial charge < -0.3 is 10.1 Å². The van der Waals surface area contributed by atoms with Gasteiger partial charge in [0.2, 0.25) is 0 Å². The van der Waals surface area contributed by atoms with Gasteiger partial charge in [-0.1, -0.05) is 53.7 Å². The fourth-order valence-electron chi connectivity index (χ4n) is 2.92. The zero-order valence-electron chi connectivity index (χ0n) is 15.9. The molecule has 1 N–H and O–H groups in total. The standard InChI is InChI=1S/C23H20N4O2/c1-17(29-21-10-6-3-7-11-21)23(28)25-19-12-14-20(15-13-19)27-22(16-24-26-27)18-8-4-2-5-9-18/h2-17H,1H3,(H,25,28)/t17-/m1/s1. The molecule has 0 aliphatic heterocycles. The van der Waals surface area contributed by atoms with Crippen LogP contribution in [0.15, 0.2) is 91.1 Å². The Morgan fingerprint density at radius 1 is 0.931 bits per heavy atom. The van der Waals surface area contributed by atoms with Crippen LogP contribution in [0.3, 0.4) is 0 Å². The topological polar surface area (TPSA) is 69.0 Å². The van der Waals surface area contributed by atoms with E-state index in [4.69, 9.17) is 4.74 Å². The quantitative estimate of drug-likeness (QED) is 0.537. The molecule has 0 unspecified atom stereocenters. The van der Waals surface area contributed by atoms with E-state index in [1.54, 1.807) is 17.8 Å². The van der Waals surface area contributed by atoms with E-state index in [0.29, 0.717) is 11.4 Å². The van der Waals surface area contributed by atoms with Gasteiger partial charge in [-0.2, -0.15) is 0 Å². The molecule has 6 nitrogen and oxygen atoms in total. The molecule has 1 amide bonds. The minimum atomic E-state index is -0.614. The number of aromatic nitrogens is 3. The van der Waals surface area contributed by atoms with E-state index in [1.165, 1.54) is 0 Å². The zero-order valence-corrected chi connectivity index (χ0v) is 15.9. The highest BCUT2D eigenvalue weighted by atomic mass is 16.5. The molecule has 1 heterocycles. The third-order valence-electron chi connectivity index (χ3n) is 4.42. The van der Waals surface area contributed by atoms with Gasteiger partial charge in [-0.25, -0.2) is 4.68 Å². The van der Waals surface area contributed by atoms with Crippen molar-refractivity contribution < 1.29 is 9.53 Å². The lowest BCUT2D eigenvalue weighted by molar-refractivity contribution is -0.122. The van der Waals surface area contributed by atoms with Crippen molar-refractivity contribution in [1.82, 2.24) is 15.0 Å². The Labute approximate surface area is 168 Å². The monoisotopic (exact) mass is 384 g/mol. The predicted molar refractivity (Wildman–Crippen MR) is 112 cm³/mol. The summed E-state index contributed by atoms with van der Waals surface area (Å²) in [5.41, 5.74) is 3.46. The van der Waals surface area contributed by atoms with E-state index in [-0.39, 0.29) is 5.91 Å². The lowest BCUT2D eigenvalue weighted by Gasteiger charge is -2.15. The van der Waals surface area contributed by atoms with Crippen LogP contribution in [0.1, 0.15) is 6.92 Å². The van der Waals surface area contributed by atoms with Gasteiger partial charge in [0.25, 0.3) is 5.91 Å². The molecule has 0 fully saturated rings. The molecule has 0 spiro atoms. The molecular weight excluding hydrogens is 364 g/mol. The van der Waals surface area contributed by atoms with E-state index in [0.717, 1.165) is 16.9 Å². The molecule has 3 aromatic carbocycles. The van der Waals surface area contributed by atoms with Gasteiger partial charge in [-0.15, -0.1) is 5.10 Å². The summed E-state index contributed by atoms with van der Waals surface area (Å²) >= 11 is 0. The zero-order chi connectivity index (χ0) is 20.1. The lowest BCUT2D eigenvalue weighted by Crippen LogP contribution is -2.30. The summed E-state index contributed by atoms with van der Waals surface area (Å²) in [6, 6.07) is 26.7. The van der Waals surface area contributed by atoms with E-state index in [2.05, 4.69) is 15.6 Å². The minimum Gasteiger partial charge on any atom is -0.481 e. The van der Waals surface area contributed by atoms with Gasteiger partial charge in [0.05, 0.1) is 17.6 Å². The molecule has 0 radical (unpaired) electrons. The van der Waals surface area contributed by atoms with E-state index < -0.39 is 6.10 Å². The number of hydrogen-bond donors (Lipinski definition) is 1. The number of hydrogen-bond acceptors (Lipinski definition) is 4. The normalized spacial score (nSPS) is 11.6. The van der Waals surface area contributed by atoms with Crippen molar-refractivity contribution in [3.05, 3.63) is 91.1 Å². The van der Waals surface area contributed by atoms with Crippen molar-refractivity contribution in [3.63, 3.8) is 0 Å². The van der Waals surface area contributed by atoms with Crippen molar-refractivity contribution in [3.8, 4) is 22.7 Å². The number of nitrogens with zero attached hydrogens (tertiary/aromatic N) is 3. The molecule has 0 saturated heterocycles. The van der Waals surface area contributed by atoms with E-state index in [9.17, 15) is 4.79 Å². The first kappa shape index (κ1) is 18.4. The van der Waals surface area contributed by atoms with Crippen molar-refractivity contribution in [2.24, 2.45) is 0 Å². The Morgan fingerprint density at radius 3 is 2.28 bits per heavy atom. The maximum Gasteiger partial charge on any atom is 0.265 e. The number of carbonyl (C=O) groups is 1. The number of benzene rings is 3. The number of amides is 1. The second-order valence-corrected chi connectivity index (χ2v) is 6.51. The molecule has 1 atom stereocenters. The first-order valence-electron chi connectivity index (χ1n) is 9.30. The molecule has 1 aromatic heterocycles. The van der Waals surface area contributed by atoms with Crippen LogP contribution in [0.25, 0.3) is 16.9 Å². The molecule has 144 valence electrons. The summed E-state index contributed by atoms with van der Waals surface area (Å²) in [6.45, 7) is 1.72. The van der Waals surface area contributed by atoms with Gasteiger partial charge in [-0.05, 0) is 43.3 Å². The van der Waals surface area contributed by atoms with Crippen molar-refractivity contribution in [1.29, 1.82) is 0 Å². The number of carbonyl (C=O) groups excluding carboxylic acids is 1. The molecule has 4 aromatic rings. The van der Waals surface area contributed by atoms with Crippen LogP contribution in [0.2, 0.25) is 0 Å². The van der Waals surface area contributed by atoms with Gasteiger partial charge in [0.15, 0.2) is 6.10 Å². The average Bonchev–Trinajstić information content (AvgIpc) is 3.25. The molecule has 0 aliphatic carbocycles. The van der Waals surface area contributed by atoms with Crippen molar-refractivity contribution in [2.45, 2.75) is 13.0 Å². The number of ether oxygens (including phenoxy) is 1. The van der Waals surface area contributed by atoms with Crippen LogP contribution in [0.5, 0.6) is 5.75 Å². The fourth-order valence-corrected chi connectivity index (χ4v) is 2.92. The molecule has 29 heavy (non-hydrogen) atoms. The van der Waals surface area contributed by atoms with Gasteiger partial charge >= 0.3 is 0 Å². The summed E-state index contributed by atoms with van der Waals surface area (Å²) in [6.07, 6.45) is 1.12. The minimum absolute atomic E-state index is 0.215. The maximum absolute atomic E-state index is 12.4. The fraction of sp³-hybridized carbons (Fsp3) is 0.0870. The molecule has 0 aliphatic rings. The first-order chi connectivity index (χ1) is 14.2. The Hall–Kier alpha value is -3.93. The highest BCUT2D eigenvalue weighted by Gasteiger charge is 2.15. The summed E-state index contributed by atoms with van der Waals surface area (Å²) in [4.78, 5) is 12.4. The van der Waals surface area contributed by atoms with Gasteiger partial charge in [0.1, 0.15) is 5.75 Å². The van der Waals surface area contributed by atoms with Crippen molar-refractivity contribution >= 4 is 11.6 Å². The highest BCUT2D eigenvalue weighted by Crippen LogP contribution is 2.22. The lowest BCUT2D eigenvalue weighted by atomic mass is 10.1. The Kier molecular flexibility index (Phi) is 5.33. The first-order valence-corrected chi connectivity index (χ1v) is 9.30. The second kappa shape index (κ2) is 8.39. The summed E-state index contributed by atoms with van der Waals surface area (Å²) in [5.74, 6) is 0.442. The molecule has 6 heteroatoms. The third kappa shape index (κ3) is 4.32. The highest BCUT2D eigenvalue weighted by molar-refractivity contribution is 5.94. The molecule has 0 bridgehead atoms. The van der Waals surface area contributed by atoms with Gasteiger partial charge in [-0.3, -0.25) is 4.79 Å². The molecule has 0 saturated carbocycles. The Balaban J connectivity index is 1.45.